The van der Waals surface area contributed by atoms with E-state index < -0.39 is 0 Å². The minimum atomic E-state index is 0.0918. The van der Waals surface area contributed by atoms with Gasteiger partial charge >= 0.3 is 0 Å². The van der Waals surface area contributed by atoms with Gasteiger partial charge < -0.3 is 10.5 Å². The molecule has 98 valence electrons. The van der Waals surface area contributed by atoms with Crippen LogP contribution in [-0.2, 0) is 0 Å². The molecular formula is C15H16N2OS. The molecule has 0 aromatic heterocycles. The molecule has 0 unspecified atom stereocenters. The van der Waals surface area contributed by atoms with Crippen LogP contribution in [0.3, 0.4) is 0 Å². The second-order valence-corrected chi connectivity index (χ2v) is 5.31. The molecule has 2 aromatic rings. The minimum Gasteiger partial charge on any atom is -0.497 e. The van der Waals surface area contributed by atoms with Gasteiger partial charge in [-0.05, 0) is 37.3 Å². The Hall–Kier alpha value is -1.94. The average Bonchev–Trinajstić information content (AvgIpc) is 2.41. The van der Waals surface area contributed by atoms with Gasteiger partial charge in [-0.15, -0.1) is 0 Å². The molecule has 0 aliphatic carbocycles. The molecule has 0 fully saturated rings. The molecule has 0 saturated carbocycles. The Morgan fingerprint density at radius 3 is 2.68 bits per heavy atom. The first-order chi connectivity index (χ1) is 9.10. The number of benzene rings is 2. The quantitative estimate of drug-likeness (QED) is 0.662. The maximum absolute atomic E-state index is 7.66. The predicted molar refractivity (Wildman–Crippen MR) is 79.3 cm³/mol. The molecule has 3 N–H and O–H groups in total. The SMILES string of the molecule is COc1cccc(Sc2ccc(C)cc2C(=N)N)c1. The summed E-state index contributed by atoms with van der Waals surface area (Å²) in [6.45, 7) is 1.99. The van der Waals surface area contributed by atoms with E-state index in [1.54, 1.807) is 18.9 Å². The maximum atomic E-state index is 7.66. The van der Waals surface area contributed by atoms with Crippen molar-refractivity contribution < 1.29 is 4.74 Å². The molecule has 4 heteroatoms. The number of rotatable bonds is 4. The molecule has 3 nitrogen and oxygen atoms in total. The van der Waals surface area contributed by atoms with Gasteiger partial charge in [0.15, 0.2) is 0 Å². The fourth-order valence-electron chi connectivity index (χ4n) is 1.73. The van der Waals surface area contributed by atoms with Crippen LogP contribution in [0.1, 0.15) is 11.1 Å². The van der Waals surface area contributed by atoms with E-state index in [-0.39, 0.29) is 5.84 Å². The Morgan fingerprint density at radius 2 is 2.00 bits per heavy atom. The number of methoxy groups -OCH3 is 1. The van der Waals surface area contributed by atoms with E-state index in [1.807, 2.05) is 49.4 Å². The lowest BCUT2D eigenvalue weighted by Crippen LogP contribution is -2.12. The topological polar surface area (TPSA) is 59.1 Å². The van der Waals surface area contributed by atoms with Gasteiger partial charge in [0.25, 0.3) is 0 Å². The van der Waals surface area contributed by atoms with Crippen molar-refractivity contribution in [1.82, 2.24) is 0 Å². The maximum Gasteiger partial charge on any atom is 0.123 e. The summed E-state index contributed by atoms with van der Waals surface area (Å²) in [5.41, 5.74) is 7.51. The molecule has 0 saturated heterocycles. The summed E-state index contributed by atoms with van der Waals surface area (Å²) in [6.07, 6.45) is 0. The van der Waals surface area contributed by atoms with E-state index in [1.165, 1.54) is 0 Å². The van der Waals surface area contributed by atoms with Gasteiger partial charge in [-0.25, -0.2) is 0 Å². The highest BCUT2D eigenvalue weighted by Gasteiger charge is 2.08. The Labute approximate surface area is 117 Å². The summed E-state index contributed by atoms with van der Waals surface area (Å²) in [4.78, 5) is 2.04. The molecule has 0 aliphatic heterocycles. The lowest BCUT2D eigenvalue weighted by atomic mass is 10.1. The van der Waals surface area contributed by atoms with Crippen LogP contribution in [0.5, 0.6) is 5.75 Å². The van der Waals surface area contributed by atoms with Crippen molar-refractivity contribution in [3.63, 3.8) is 0 Å². The largest absolute Gasteiger partial charge is 0.497 e. The van der Waals surface area contributed by atoms with Crippen molar-refractivity contribution in [2.75, 3.05) is 7.11 Å². The van der Waals surface area contributed by atoms with Crippen LogP contribution in [0.2, 0.25) is 0 Å². The minimum absolute atomic E-state index is 0.0918. The van der Waals surface area contributed by atoms with Gasteiger partial charge in [0.2, 0.25) is 0 Å². The van der Waals surface area contributed by atoms with Gasteiger partial charge in [0, 0.05) is 15.4 Å². The highest BCUT2D eigenvalue weighted by molar-refractivity contribution is 7.99. The van der Waals surface area contributed by atoms with E-state index in [9.17, 15) is 0 Å². The van der Waals surface area contributed by atoms with Gasteiger partial charge in [-0.3, -0.25) is 5.41 Å². The summed E-state index contributed by atoms with van der Waals surface area (Å²) < 4.78 is 5.21. The number of nitrogens with one attached hydrogen (secondary N) is 1. The van der Waals surface area contributed by atoms with Crippen LogP contribution >= 0.6 is 11.8 Å². The Bertz CT molecular complexity index is 611. The molecule has 19 heavy (non-hydrogen) atoms. The van der Waals surface area contributed by atoms with Crippen LogP contribution in [0.25, 0.3) is 0 Å². The number of nitrogens with two attached hydrogens (primary N) is 1. The highest BCUT2D eigenvalue weighted by atomic mass is 32.2. The fraction of sp³-hybridized carbons (Fsp3) is 0.133. The molecule has 0 atom stereocenters. The van der Waals surface area contributed by atoms with E-state index in [0.29, 0.717) is 0 Å². The molecule has 0 bridgehead atoms. The van der Waals surface area contributed by atoms with Gasteiger partial charge in [0.1, 0.15) is 11.6 Å². The molecule has 0 aliphatic rings. The van der Waals surface area contributed by atoms with Crippen molar-refractivity contribution in [2.24, 2.45) is 5.73 Å². The summed E-state index contributed by atoms with van der Waals surface area (Å²) >= 11 is 1.58. The fourth-order valence-corrected chi connectivity index (χ4v) is 2.73. The van der Waals surface area contributed by atoms with Gasteiger partial charge in [-0.2, -0.15) is 0 Å². The number of aryl methyl sites for hydroxylation is 1. The molecule has 0 heterocycles. The Morgan fingerprint density at radius 1 is 1.21 bits per heavy atom. The summed E-state index contributed by atoms with van der Waals surface area (Å²) in [6, 6.07) is 13.8. The van der Waals surface area contributed by atoms with Crippen LogP contribution < -0.4 is 10.5 Å². The summed E-state index contributed by atoms with van der Waals surface area (Å²) in [5, 5.41) is 7.66. The molecule has 2 rings (SSSR count). The van der Waals surface area contributed by atoms with E-state index in [0.717, 1.165) is 26.7 Å². The average molecular weight is 272 g/mol. The normalized spacial score (nSPS) is 10.2. The van der Waals surface area contributed by atoms with E-state index in [2.05, 4.69) is 0 Å². The zero-order valence-electron chi connectivity index (χ0n) is 10.9. The molecule has 2 aromatic carbocycles. The predicted octanol–water partition coefficient (Wildman–Crippen LogP) is 3.44. The third kappa shape index (κ3) is 3.29. The third-order valence-electron chi connectivity index (χ3n) is 2.69. The summed E-state index contributed by atoms with van der Waals surface area (Å²) in [7, 11) is 1.65. The number of nitrogen functional groups attached to an aromatic ring is 1. The van der Waals surface area contributed by atoms with Crippen molar-refractivity contribution >= 4 is 17.6 Å². The molecule has 0 radical (unpaired) electrons. The lowest BCUT2D eigenvalue weighted by Gasteiger charge is -2.09. The van der Waals surface area contributed by atoms with Crippen LogP contribution in [-0.4, -0.2) is 12.9 Å². The zero-order valence-corrected chi connectivity index (χ0v) is 11.8. The van der Waals surface area contributed by atoms with Crippen LogP contribution in [0, 0.1) is 12.3 Å². The number of hydrogen-bond acceptors (Lipinski definition) is 3. The standard InChI is InChI=1S/C15H16N2OS/c1-10-6-7-14(13(8-10)15(16)17)19-12-5-3-4-11(9-12)18-2/h3-9H,1-2H3,(H3,16,17). The lowest BCUT2D eigenvalue weighted by molar-refractivity contribution is 0.413. The second kappa shape index (κ2) is 5.80. The zero-order chi connectivity index (χ0) is 13.8. The first kappa shape index (κ1) is 13.5. The second-order valence-electron chi connectivity index (χ2n) is 4.19. The number of amidine groups is 1. The monoisotopic (exact) mass is 272 g/mol. The smallest absolute Gasteiger partial charge is 0.123 e. The van der Waals surface area contributed by atoms with Gasteiger partial charge in [-0.1, -0.05) is 29.5 Å². The third-order valence-corrected chi connectivity index (χ3v) is 3.76. The first-order valence-corrected chi connectivity index (χ1v) is 6.69. The first-order valence-electron chi connectivity index (χ1n) is 5.87. The number of hydrogen-bond donors (Lipinski definition) is 2. The van der Waals surface area contributed by atoms with Crippen molar-refractivity contribution in [2.45, 2.75) is 16.7 Å². The van der Waals surface area contributed by atoms with Crippen molar-refractivity contribution in [3.05, 3.63) is 53.6 Å². The number of ether oxygens (including phenoxy) is 1. The molecule has 0 spiro atoms. The van der Waals surface area contributed by atoms with Gasteiger partial charge in [0.05, 0.1) is 7.11 Å². The Balaban J connectivity index is 2.34. The van der Waals surface area contributed by atoms with Crippen LogP contribution in [0.4, 0.5) is 0 Å². The Kier molecular flexibility index (Phi) is 4.12. The van der Waals surface area contributed by atoms with E-state index >= 15 is 0 Å². The van der Waals surface area contributed by atoms with Crippen molar-refractivity contribution in [3.8, 4) is 5.75 Å². The van der Waals surface area contributed by atoms with Crippen molar-refractivity contribution in [1.29, 1.82) is 5.41 Å². The van der Waals surface area contributed by atoms with E-state index in [4.69, 9.17) is 15.9 Å². The summed E-state index contributed by atoms with van der Waals surface area (Å²) in [5.74, 6) is 0.913. The highest BCUT2D eigenvalue weighted by Crippen LogP contribution is 2.32. The molecule has 0 amide bonds. The molecular weight excluding hydrogens is 256 g/mol. The van der Waals surface area contributed by atoms with Crippen LogP contribution in [0.15, 0.2) is 52.3 Å².